The minimum absolute atomic E-state index is 0.00241. The van der Waals surface area contributed by atoms with Gasteiger partial charge >= 0.3 is 6.18 Å². The lowest BCUT2D eigenvalue weighted by atomic mass is 9.85. The van der Waals surface area contributed by atoms with Crippen LogP contribution in [0.4, 0.5) is 18.9 Å². The zero-order valence-electron chi connectivity index (χ0n) is 14.2. The minimum atomic E-state index is -4.48. The number of alkyl halides is 3. The summed E-state index contributed by atoms with van der Waals surface area (Å²) in [5.74, 6) is 1.14. The molecule has 1 fully saturated rings. The highest BCUT2D eigenvalue weighted by Gasteiger charge is 2.30. The van der Waals surface area contributed by atoms with E-state index in [-0.39, 0.29) is 15.8 Å². The van der Waals surface area contributed by atoms with Gasteiger partial charge in [0.25, 0.3) is 10.0 Å². The molecule has 2 aromatic heterocycles. The molecule has 6 nitrogen and oxygen atoms in total. The standard InChI is InChI=1S/C17H14F3N3O3S2/c18-17(19,20)12-4-6-13(7-5-12)23-28(24,25)14-8-11(9-27-14)15-21-16(26-22-15)10-2-1-3-10/h4-10,23H,1-3H2. The maximum atomic E-state index is 12.6. The van der Waals surface area contributed by atoms with Gasteiger partial charge in [-0.2, -0.15) is 18.2 Å². The number of rotatable bonds is 5. The van der Waals surface area contributed by atoms with Crippen LogP contribution in [0, 0.1) is 0 Å². The normalized spacial score (nSPS) is 15.4. The Balaban J connectivity index is 1.51. The van der Waals surface area contributed by atoms with Crippen molar-refractivity contribution < 1.29 is 26.1 Å². The van der Waals surface area contributed by atoms with E-state index >= 15 is 0 Å². The van der Waals surface area contributed by atoms with E-state index in [0.717, 1.165) is 54.9 Å². The van der Waals surface area contributed by atoms with Crippen LogP contribution in [-0.4, -0.2) is 18.6 Å². The average Bonchev–Trinajstić information content (AvgIpc) is 3.22. The number of nitrogens with one attached hydrogen (secondary N) is 1. The van der Waals surface area contributed by atoms with Crippen molar-refractivity contribution in [2.75, 3.05) is 4.72 Å². The Bertz CT molecular complexity index is 1080. The molecule has 0 atom stereocenters. The van der Waals surface area contributed by atoms with E-state index in [2.05, 4.69) is 14.9 Å². The molecule has 1 aliphatic carbocycles. The molecule has 0 amide bonds. The lowest BCUT2D eigenvalue weighted by Gasteiger charge is -2.20. The lowest BCUT2D eigenvalue weighted by molar-refractivity contribution is -0.137. The van der Waals surface area contributed by atoms with Crippen LogP contribution in [0.5, 0.6) is 0 Å². The molecule has 148 valence electrons. The average molecular weight is 429 g/mol. The van der Waals surface area contributed by atoms with Gasteiger partial charge in [-0.3, -0.25) is 4.72 Å². The topological polar surface area (TPSA) is 85.1 Å². The predicted molar refractivity (Wildman–Crippen MR) is 96.5 cm³/mol. The van der Waals surface area contributed by atoms with E-state index < -0.39 is 21.8 Å². The number of hydrogen-bond donors (Lipinski definition) is 1. The van der Waals surface area contributed by atoms with Crippen LogP contribution in [0.2, 0.25) is 0 Å². The Morgan fingerprint density at radius 3 is 2.50 bits per heavy atom. The maximum Gasteiger partial charge on any atom is 0.416 e. The highest BCUT2D eigenvalue weighted by Crippen LogP contribution is 2.37. The van der Waals surface area contributed by atoms with Crippen molar-refractivity contribution in [1.29, 1.82) is 0 Å². The minimum Gasteiger partial charge on any atom is -0.339 e. The molecular formula is C17H14F3N3O3S2. The van der Waals surface area contributed by atoms with Crippen molar-refractivity contribution in [2.45, 2.75) is 35.6 Å². The van der Waals surface area contributed by atoms with E-state index in [4.69, 9.17) is 4.52 Å². The Hall–Kier alpha value is -2.40. The Morgan fingerprint density at radius 2 is 1.89 bits per heavy atom. The van der Waals surface area contributed by atoms with Crippen molar-refractivity contribution in [1.82, 2.24) is 10.1 Å². The lowest BCUT2D eigenvalue weighted by Crippen LogP contribution is -2.12. The summed E-state index contributed by atoms with van der Waals surface area (Å²) in [6.45, 7) is 0. The third-order valence-corrected chi connectivity index (χ3v) is 7.28. The largest absolute Gasteiger partial charge is 0.416 e. The van der Waals surface area contributed by atoms with E-state index in [1.165, 1.54) is 6.07 Å². The fourth-order valence-electron chi connectivity index (χ4n) is 2.68. The van der Waals surface area contributed by atoms with Gasteiger partial charge in [-0.15, -0.1) is 11.3 Å². The summed E-state index contributed by atoms with van der Waals surface area (Å²) in [6, 6.07) is 5.18. The molecule has 28 heavy (non-hydrogen) atoms. The quantitative estimate of drug-likeness (QED) is 0.625. The molecule has 11 heteroatoms. The van der Waals surface area contributed by atoms with Gasteiger partial charge in [-0.05, 0) is 43.2 Å². The molecule has 1 saturated carbocycles. The highest BCUT2D eigenvalue weighted by atomic mass is 32.2. The maximum absolute atomic E-state index is 12.6. The number of nitrogens with zero attached hydrogens (tertiary/aromatic N) is 2. The third-order valence-electron chi connectivity index (χ3n) is 4.46. The number of thiophene rings is 1. The molecule has 1 aromatic carbocycles. The van der Waals surface area contributed by atoms with E-state index in [0.29, 0.717) is 17.3 Å². The second kappa shape index (κ2) is 6.89. The fourth-order valence-corrected chi connectivity index (χ4v) is 4.90. The summed E-state index contributed by atoms with van der Waals surface area (Å²) in [7, 11) is -3.95. The molecule has 1 N–H and O–H groups in total. The van der Waals surface area contributed by atoms with Gasteiger partial charge in [0, 0.05) is 22.5 Å². The summed E-state index contributed by atoms with van der Waals surface area (Å²) in [5, 5.41) is 5.49. The number of hydrogen-bond acceptors (Lipinski definition) is 6. The second-order valence-corrected chi connectivity index (χ2v) is 9.24. The van der Waals surface area contributed by atoms with Crippen molar-refractivity contribution in [3.63, 3.8) is 0 Å². The Kier molecular flexibility index (Phi) is 4.66. The first kappa shape index (κ1) is 18.9. The first-order valence-corrected chi connectivity index (χ1v) is 10.7. The molecular weight excluding hydrogens is 415 g/mol. The molecule has 0 bridgehead atoms. The monoisotopic (exact) mass is 429 g/mol. The van der Waals surface area contributed by atoms with Gasteiger partial charge < -0.3 is 4.52 Å². The van der Waals surface area contributed by atoms with Gasteiger partial charge in [-0.1, -0.05) is 11.6 Å². The summed E-state index contributed by atoms with van der Waals surface area (Å²) >= 11 is 0.963. The van der Waals surface area contributed by atoms with Crippen LogP contribution in [0.15, 0.2) is 44.4 Å². The van der Waals surface area contributed by atoms with Gasteiger partial charge in [-0.25, -0.2) is 8.42 Å². The van der Waals surface area contributed by atoms with Crippen molar-refractivity contribution in [2.24, 2.45) is 0 Å². The summed E-state index contributed by atoms with van der Waals surface area (Å²) in [5.41, 5.74) is -0.310. The van der Waals surface area contributed by atoms with Crippen LogP contribution in [0.1, 0.15) is 36.6 Å². The highest BCUT2D eigenvalue weighted by molar-refractivity contribution is 7.94. The van der Waals surface area contributed by atoms with Crippen LogP contribution in [0.3, 0.4) is 0 Å². The molecule has 1 aliphatic rings. The van der Waals surface area contributed by atoms with Crippen molar-refractivity contribution in [3.05, 3.63) is 47.2 Å². The predicted octanol–water partition coefficient (Wildman–Crippen LogP) is 4.89. The van der Waals surface area contributed by atoms with E-state index in [9.17, 15) is 21.6 Å². The number of halogens is 3. The van der Waals surface area contributed by atoms with Gasteiger partial charge in [0.15, 0.2) is 0 Å². The van der Waals surface area contributed by atoms with Gasteiger partial charge in [0.2, 0.25) is 11.7 Å². The summed E-state index contributed by atoms with van der Waals surface area (Å²) < 4.78 is 70.4. The van der Waals surface area contributed by atoms with Crippen LogP contribution >= 0.6 is 11.3 Å². The van der Waals surface area contributed by atoms with E-state index in [1.54, 1.807) is 5.38 Å². The molecule has 0 spiro atoms. The number of anilines is 1. The van der Waals surface area contributed by atoms with Crippen molar-refractivity contribution >= 4 is 27.0 Å². The number of benzene rings is 1. The molecule has 0 unspecified atom stereocenters. The molecule has 4 rings (SSSR count). The van der Waals surface area contributed by atoms with Gasteiger partial charge in [0.1, 0.15) is 4.21 Å². The number of sulfonamides is 1. The Morgan fingerprint density at radius 1 is 1.18 bits per heavy atom. The van der Waals surface area contributed by atoms with Crippen LogP contribution in [0.25, 0.3) is 11.4 Å². The van der Waals surface area contributed by atoms with Crippen molar-refractivity contribution in [3.8, 4) is 11.4 Å². The first-order valence-electron chi connectivity index (χ1n) is 8.35. The molecule has 0 aliphatic heterocycles. The Labute approximate surface area is 162 Å². The first-order chi connectivity index (χ1) is 13.2. The zero-order chi connectivity index (χ0) is 19.9. The molecule has 0 radical (unpaired) electrons. The van der Waals surface area contributed by atoms with E-state index in [1.807, 2.05) is 0 Å². The molecule has 2 heterocycles. The smallest absolute Gasteiger partial charge is 0.339 e. The third kappa shape index (κ3) is 3.76. The van der Waals surface area contributed by atoms with Crippen LogP contribution in [-0.2, 0) is 16.2 Å². The summed E-state index contributed by atoms with van der Waals surface area (Å²) in [4.78, 5) is 4.32. The van der Waals surface area contributed by atoms with Crippen LogP contribution < -0.4 is 4.72 Å². The molecule has 0 saturated heterocycles. The number of aromatic nitrogens is 2. The van der Waals surface area contributed by atoms with Gasteiger partial charge in [0.05, 0.1) is 5.56 Å². The fraction of sp³-hybridized carbons (Fsp3) is 0.294. The SMILES string of the molecule is O=S(=O)(Nc1ccc(C(F)(F)F)cc1)c1cc(-c2noc(C3CCC3)n2)cs1. The zero-order valence-corrected chi connectivity index (χ0v) is 15.9. The second-order valence-electron chi connectivity index (χ2n) is 6.42. The summed E-state index contributed by atoms with van der Waals surface area (Å²) in [6.07, 6.45) is -1.36. The molecule has 3 aromatic rings.